The summed E-state index contributed by atoms with van der Waals surface area (Å²) in [5.41, 5.74) is 11.3. The molecule has 0 N–H and O–H groups in total. The van der Waals surface area contributed by atoms with Crippen LogP contribution in [0.2, 0.25) is 0 Å². The second-order valence-corrected chi connectivity index (χ2v) is 14.6. The standard InChI is InChI=1S/C52H26N8/c1-55-33-11-19-49-41(25-33)39-23-31(29-53)9-17-47(39)59(49)35-13-15-37-43(27-35)51(45-7-3-5-21-57-45)38-16-14-36(28-44(38)52(37)46-8-4-6-22-58-46)60-48-18-10-32(30-54)24-40(48)42-26-34(56-2)12-20-50(42)60/h3-28H. The van der Waals surface area contributed by atoms with Crippen molar-refractivity contribution < 1.29 is 0 Å². The molecule has 0 radical (unpaired) electrons. The molecule has 0 unspecified atom stereocenters. The van der Waals surface area contributed by atoms with E-state index in [1.807, 2.05) is 122 Å². The maximum absolute atomic E-state index is 9.82. The summed E-state index contributed by atoms with van der Waals surface area (Å²) in [7, 11) is 0. The van der Waals surface area contributed by atoms with Gasteiger partial charge in [0, 0.05) is 45.7 Å². The highest BCUT2D eigenvalue weighted by Gasteiger charge is 2.22. The van der Waals surface area contributed by atoms with Crippen LogP contribution in [0.1, 0.15) is 11.1 Å². The van der Waals surface area contributed by atoms with Crippen LogP contribution in [0, 0.1) is 35.8 Å². The second-order valence-electron chi connectivity index (χ2n) is 14.6. The van der Waals surface area contributed by atoms with Crippen molar-refractivity contribution in [3.63, 3.8) is 0 Å². The van der Waals surface area contributed by atoms with Gasteiger partial charge in [-0.3, -0.25) is 9.97 Å². The number of pyridine rings is 2. The Morgan fingerprint density at radius 1 is 0.417 bits per heavy atom. The minimum atomic E-state index is 0.534. The summed E-state index contributed by atoms with van der Waals surface area (Å²) in [6.07, 6.45) is 3.63. The Morgan fingerprint density at radius 3 is 1.22 bits per heavy atom. The van der Waals surface area contributed by atoms with Crippen LogP contribution in [0.25, 0.3) is 109 Å². The zero-order chi connectivity index (χ0) is 40.5. The number of nitriles is 2. The average molecular weight is 763 g/mol. The van der Waals surface area contributed by atoms with E-state index < -0.39 is 0 Å². The van der Waals surface area contributed by atoms with Gasteiger partial charge in [0.2, 0.25) is 0 Å². The van der Waals surface area contributed by atoms with E-state index in [4.69, 9.17) is 23.1 Å². The molecule has 0 saturated heterocycles. The largest absolute Gasteiger partial charge is 0.309 e. The molecule has 7 aromatic carbocycles. The number of nitrogens with zero attached hydrogens (tertiary/aromatic N) is 8. The zero-order valence-corrected chi connectivity index (χ0v) is 31.6. The molecule has 11 aromatic rings. The van der Waals surface area contributed by atoms with Crippen LogP contribution in [-0.2, 0) is 0 Å². The highest BCUT2D eigenvalue weighted by molar-refractivity contribution is 6.22. The number of aromatic nitrogens is 4. The lowest BCUT2D eigenvalue weighted by Gasteiger charge is -2.19. The molecule has 8 nitrogen and oxygen atoms in total. The van der Waals surface area contributed by atoms with Gasteiger partial charge in [-0.1, -0.05) is 36.4 Å². The SMILES string of the molecule is [C-]#[N+]c1ccc2c(c1)c1cc(C#N)ccc1n2-c1ccc2c(-c3ccccn3)c3cc(-n4c5ccc(C#N)cc5c5cc([N+]#[C-])ccc54)ccc3c(-c3ccccn3)c2c1. The van der Waals surface area contributed by atoms with Crippen LogP contribution in [0.4, 0.5) is 11.4 Å². The molecule has 0 aliphatic heterocycles. The monoisotopic (exact) mass is 762 g/mol. The van der Waals surface area contributed by atoms with Crippen molar-refractivity contribution in [3.05, 3.63) is 192 Å². The van der Waals surface area contributed by atoms with Crippen molar-refractivity contribution in [3.8, 4) is 46.0 Å². The van der Waals surface area contributed by atoms with E-state index in [1.165, 1.54) is 0 Å². The fourth-order valence-corrected chi connectivity index (χ4v) is 8.91. The van der Waals surface area contributed by atoms with E-state index in [1.54, 1.807) is 0 Å². The third-order valence-electron chi connectivity index (χ3n) is 11.5. The van der Waals surface area contributed by atoms with Crippen molar-refractivity contribution in [2.24, 2.45) is 0 Å². The van der Waals surface area contributed by atoms with Gasteiger partial charge in [-0.2, -0.15) is 10.5 Å². The van der Waals surface area contributed by atoms with Gasteiger partial charge < -0.3 is 9.13 Å². The Bertz CT molecular complexity index is 3420. The summed E-state index contributed by atoms with van der Waals surface area (Å²) < 4.78 is 4.41. The predicted octanol–water partition coefficient (Wildman–Crippen LogP) is 13.2. The van der Waals surface area contributed by atoms with Crippen LogP contribution in [0.5, 0.6) is 0 Å². The van der Waals surface area contributed by atoms with E-state index in [0.29, 0.717) is 22.5 Å². The first-order valence-electron chi connectivity index (χ1n) is 19.2. The van der Waals surface area contributed by atoms with Crippen LogP contribution in [0.15, 0.2) is 158 Å². The molecule has 0 saturated carbocycles. The lowest BCUT2D eigenvalue weighted by molar-refractivity contribution is 1.18. The molecule has 8 heteroatoms. The van der Waals surface area contributed by atoms with Gasteiger partial charge in [0.25, 0.3) is 0 Å². The summed E-state index contributed by atoms with van der Waals surface area (Å²) in [5.74, 6) is 0. The first-order valence-corrected chi connectivity index (χ1v) is 19.2. The van der Waals surface area contributed by atoms with Crippen LogP contribution in [-0.4, -0.2) is 19.1 Å². The van der Waals surface area contributed by atoms with Gasteiger partial charge in [0.1, 0.15) is 0 Å². The van der Waals surface area contributed by atoms with Crippen molar-refractivity contribution in [1.29, 1.82) is 10.5 Å². The number of rotatable bonds is 4. The fourth-order valence-electron chi connectivity index (χ4n) is 8.91. The number of benzene rings is 7. The van der Waals surface area contributed by atoms with Gasteiger partial charge in [-0.25, -0.2) is 9.69 Å². The smallest absolute Gasteiger partial charge is 0.188 e. The summed E-state index contributed by atoms with van der Waals surface area (Å²) >= 11 is 0. The first-order chi connectivity index (χ1) is 29.6. The Balaban J connectivity index is 1.26. The lowest BCUT2D eigenvalue weighted by Crippen LogP contribution is -1.99. The lowest BCUT2D eigenvalue weighted by atomic mass is 9.88. The van der Waals surface area contributed by atoms with E-state index >= 15 is 0 Å². The van der Waals surface area contributed by atoms with Crippen molar-refractivity contribution in [1.82, 2.24) is 19.1 Å². The average Bonchev–Trinajstić information content (AvgIpc) is 3.81. The minimum Gasteiger partial charge on any atom is -0.309 e. The first kappa shape index (κ1) is 34.2. The van der Waals surface area contributed by atoms with Crippen LogP contribution in [0.3, 0.4) is 0 Å². The summed E-state index contributed by atoms with van der Waals surface area (Å²) in [5, 5.41) is 27.2. The number of fused-ring (bicyclic) bond motifs is 8. The molecule has 0 atom stereocenters. The van der Waals surface area contributed by atoms with E-state index in [-0.39, 0.29) is 0 Å². The van der Waals surface area contributed by atoms with E-state index in [2.05, 4.69) is 67.4 Å². The van der Waals surface area contributed by atoms with Crippen molar-refractivity contribution >= 4 is 76.5 Å². The molecule has 4 aromatic heterocycles. The molecular formula is C52H26N8. The quantitative estimate of drug-likeness (QED) is 0.132. The Morgan fingerprint density at radius 2 is 0.833 bits per heavy atom. The summed E-state index contributed by atoms with van der Waals surface area (Å²) in [6.45, 7) is 15.4. The van der Waals surface area contributed by atoms with Crippen molar-refractivity contribution in [2.75, 3.05) is 0 Å². The molecule has 274 valence electrons. The highest BCUT2D eigenvalue weighted by Crippen LogP contribution is 2.46. The maximum atomic E-state index is 9.82. The zero-order valence-electron chi connectivity index (χ0n) is 31.6. The third-order valence-corrected chi connectivity index (χ3v) is 11.5. The molecule has 0 aliphatic carbocycles. The summed E-state index contributed by atoms with van der Waals surface area (Å²) in [6, 6.07) is 52.4. The van der Waals surface area contributed by atoms with E-state index in [0.717, 1.165) is 99.0 Å². The van der Waals surface area contributed by atoms with Crippen LogP contribution >= 0.6 is 0 Å². The van der Waals surface area contributed by atoms with Gasteiger partial charge in [0.05, 0.1) is 69.9 Å². The molecule has 0 spiro atoms. The Hall–Kier alpha value is -9.08. The van der Waals surface area contributed by atoms with Gasteiger partial charge in [0.15, 0.2) is 11.4 Å². The molecule has 60 heavy (non-hydrogen) atoms. The van der Waals surface area contributed by atoms with Gasteiger partial charge in [-0.15, -0.1) is 0 Å². The topological polar surface area (TPSA) is 91.9 Å². The molecule has 4 heterocycles. The number of hydrogen-bond acceptors (Lipinski definition) is 4. The highest BCUT2D eigenvalue weighted by atomic mass is 15.0. The van der Waals surface area contributed by atoms with Crippen LogP contribution < -0.4 is 0 Å². The van der Waals surface area contributed by atoms with E-state index in [9.17, 15) is 10.5 Å². The Kier molecular flexibility index (Phi) is 7.56. The fraction of sp³-hybridized carbons (Fsp3) is 0. The molecule has 0 aliphatic rings. The third kappa shape index (κ3) is 5.07. The molecule has 0 bridgehead atoms. The summed E-state index contributed by atoms with van der Waals surface area (Å²) in [4.78, 5) is 17.3. The van der Waals surface area contributed by atoms with Gasteiger partial charge >= 0.3 is 0 Å². The molecule has 11 rings (SSSR count). The maximum Gasteiger partial charge on any atom is 0.188 e. The molecule has 0 fully saturated rings. The Labute approximate surface area is 342 Å². The number of hydrogen-bond donors (Lipinski definition) is 0. The van der Waals surface area contributed by atoms with Crippen molar-refractivity contribution in [2.45, 2.75) is 0 Å². The molecule has 0 amide bonds. The normalized spacial score (nSPS) is 11.3. The molecular weight excluding hydrogens is 737 g/mol. The van der Waals surface area contributed by atoms with Gasteiger partial charge in [-0.05, 0) is 142 Å². The minimum absolute atomic E-state index is 0.534. The predicted molar refractivity (Wildman–Crippen MR) is 239 cm³/mol. The second kappa shape index (κ2) is 13.3.